The van der Waals surface area contributed by atoms with E-state index in [-0.39, 0.29) is 23.7 Å². The highest BCUT2D eigenvalue weighted by molar-refractivity contribution is 5.92. The Balaban J connectivity index is 1.29. The van der Waals surface area contributed by atoms with Crippen LogP contribution in [0.15, 0.2) is 24.3 Å². The van der Waals surface area contributed by atoms with Gasteiger partial charge < -0.3 is 14.7 Å². The lowest BCUT2D eigenvalue weighted by atomic mass is 10.2. The molecule has 2 atom stereocenters. The Kier molecular flexibility index (Phi) is 4.40. The SMILES string of the molecule is Cc1cccc(N2CCN(C(=O)C3CC3C(=O)N3CCCC3)CC2)c1. The van der Waals surface area contributed by atoms with Crippen LogP contribution >= 0.6 is 0 Å². The normalized spacial score (nSPS) is 26.0. The van der Waals surface area contributed by atoms with Gasteiger partial charge in [-0.15, -0.1) is 0 Å². The molecule has 2 unspecified atom stereocenters. The highest BCUT2D eigenvalue weighted by atomic mass is 16.2. The minimum absolute atomic E-state index is 0.0413. The molecule has 5 heteroatoms. The summed E-state index contributed by atoms with van der Waals surface area (Å²) in [5, 5.41) is 0. The van der Waals surface area contributed by atoms with Crippen LogP contribution in [0.5, 0.6) is 0 Å². The second-order valence-electron chi connectivity index (χ2n) is 7.63. The van der Waals surface area contributed by atoms with E-state index in [1.165, 1.54) is 11.3 Å². The van der Waals surface area contributed by atoms with Crippen molar-refractivity contribution in [2.75, 3.05) is 44.2 Å². The van der Waals surface area contributed by atoms with Crippen molar-refractivity contribution in [3.63, 3.8) is 0 Å². The zero-order chi connectivity index (χ0) is 17.4. The van der Waals surface area contributed by atoms with E-state index < -0.39 is 0 Å². The molecule has 2 aliphatic heterocycles. The van der Waals surface area contributed by atoms with Crippen LogP contribution in [0.3, 0.4) is 0 Å². The van der Waals surface area contributed by atoms with Gasteiger partial charge in [0.15, 0.2) is 0 Å². The largest absolute Gasteiger partial charge is 0.368 e. The van der Waals surface area contributed by atoms with Gasteiger partial charge in [0.05, 0.1) is 11.8 Å². The van der Waals surface area contributed by atoms with Crippen LogP contribution < -0.4 is 4.90 Å². The first-order chi connectivity index (χ1) is 12.1. The molecule has 1 aromatic rings. The lowest BCUT2D eigenvalue weighted by Gasteiger charge is -2.36. The number of rotatable bonds is 3. The standard InChI is InChI=1S/C20H27N3O2/c1-15-5-4-6-16(13-15)21-9-11-23(12-10-21)20(25)18-14-17(18)19(24)22-7-2-3-8-22/h4-6,13,17-18H,2-3,7-12,14H2,1H3. The Bertz CT molecular complexity index is 661. The maximum absolute atomic E-state index is 12.7. The number of anilines is 1. The van der Waals surface area contributed by atoms with E-state index in [1.54, 1.807) is 0 Å². The number of hydrogen-bond donors (Lipinski definition) is 0. The van der Waals surface area contributed by atoms with E-state index in [0.717, 1.165) is 58.5 Å². The van der Waals surface area contributed by atoms with Gasteiger partial charge in [-0.25, -0.2) is 0 Å². The molecule has 0 N–H and O–H groups in total. The predicted molar refractivity (Wildman–Crippen MR) is 97.4 cm³/mol. The minimum Gasteiger partial charge on any atom is -0.368 e. The molecule has 0 spiro atoms. The zero-order valence-corrected chi connectivity index (χ0v) is 15.0. The van der Waals surface area contributed by atoms with Crippen LogP contribution in [-0.4, -0.2) is 60.9 Å². The van der Waals surface area contributed by atoms with Gasteiger partial charge in [0, 0.05) is 45.0 Å². The topological polar surface area (TPSA) is 43.9 Å². The fraction of sp³-hybridized carbons (Fsp3) is 0.600. The molecule has 1 aliphatic carbocycles. The molecule has 2 saturated heterocycles. The molecular formula is C20H27N3O2. The summed E-state index contributed by atoms with van der Waals surface area (Å²) in [4.78, 5) is 31.4. The highest BCUT2D eigenvalue weighted by Gasteiger charge is 2.51. The highest BCUT2D eigenvalue weighted by Crippen LogP contribution is 2.42. The van der Waals surface area contributed by atoms with E-state index in [2.05, 4.69) is 36.1 Å². The van der Waals surface area contributed by atoms with Crippen LogP contribution in [0.2, 0.25) is 0 Å². The third kappa shape index (κ3) is 3.37. The number of hydrogen-bond acceptors (Lipinski definition) is 3. The molecule has 4 rings (SSSR count). The van der Waals surface area contributed by atoms with Gasteiger partial charge >= 0.3 is 0 Å². The third-order valence-corrected chi connectivity index (χ3v) is 5.80. The average molecular weight is 341 g/mol. The monoisotopic (exact) mass is 341 g/mol. The first-order valence-electron chi connectivity index (χ1n) is 9.52. The van der Waals surface area contributed by atoms with Crippen molar-refractivity contribution in [2.24, 2.45) is 11.8 Å². The van der Waals surface area contributed by atoms with E-state index in [9.17, 15) is 9.59 Å². The van der Waals surface area contributed by atoms with Crippen LogP contribution in [0.4, 0.5) is 5.69 Å². The van der Waals surface area contributed by atoms with E-state index in [1.807, 2.05) is 9.80 Å². The van der Waals surface area contributed by atoms with Crippen LogP contribution in [-0.2, 0) is 9.59 Å². The molecule has 1 aromatic carbocycles. The van der Waals surface area contributed by atoms with Crippen molar-refractivity contribution >= 4 is 17.5 Å². The van der Waals surface area contributed by atoms with Crippen molar-refractivity contribution in [3.05, 3.63) is 29.8 Å². The number of benzene rings is 1. The summed E-state index contributed by atoms with van der Waals surface area (Å²) in [6.07, 6.45) is 2.97. The van der Waals surface area contributed by atoms with Crippen LogP contribution in [0.25, 0.3) is 0 Å². The molecule has 25 heavy (non-hydrogen) atoms. The van der Waals surface area contributed by atoms with Crippen molar-refractivity contribution in [2.45, 2.75) is 26.2 Å². The molecule has 0 radical (unpaired) electrons. The van der Waals surface area contributed by atoms with E-state index in [4.69, 9.17) is 0 Å². The molecule has 5 nitrogen and oxygen atoms in total. The third-order valence-electron chi connectivity index (χ3n) is 5.80. The number of aryl methyl sites for hydroxylation is 1. The average Bonchev–Trinajstić information content (AvgIpc) is 3.25. The van der Waals surface area contributed by atoms with Gasteiger partial charge in [-0.2, -0.15) is 0 Å². The van der Waals surface area contributed by atoms with Gasteiger partial charge in [0.1, 0.15) is 0 Å². The molecule has 0 bridgehead atoms. The zero-order valence-electron chi connectivity index (χ0n) is 15.0. The summed E-state index contributed by atoms with van der Waals surface area (Å²) in [5.41, 5.74) is 2.50. The fourth-order valence-electron chi connectivity index (χ4n) is 4.16. The summed E-state index contributed by atoms with van der Waals surface area (Å²) >= 11 is 0. The first kappa shape index (κ1) is 16.4. The van der Waals surface area contributed by atoms with Crippen molar-refractivity contribution < 1.29 is 9.59 Å². The number of carbonyl (C=O) groups excluding carboxylic acids is 2. The summed E-state index contributed by atoms with van der Waals surface area (Å²) in [7, 11) is 0. The van der Waals surface area contributed by atoms with E-state index in [0.29, 0.717) is 0 Å². The number of piperazine rings is 1. The summed E-state index contributed by atoms with van der Waals surface area (Å²) in [6, 6.07) is 8.52. The Labute approximate surface area is 149 Å². The van der Waals surface area contributed by atoms with Gasteiger partial charge in [0.25, 0.3) is 0 Å². The number of nitrogens with zero attached hydrogens (tertiary/aromatic N) is 3. The quantitative estimate of drug-likeness (QED) is 0.843. The molecule has 2 amide bonds. The first-order valence-corrected chi connectivity index (χ1v) is 9.52. The smallest absolute Gasteiger partial charge is 0.226 e. The molecule has 1 saturated carbocycles. The van der Waals surface area contributed by atoms with Crippen LogP contribution in [0.1, 0.15) is 24.8 Å². The number of amides is 2. The minimum atomic E-state index is -0.0568. The number of carbonyl (C=O) groups is 2. The lowest BCUT2D eigenvalue weighted by Crippen LogP contribution is -2.49. The molecule has 2 heterocycles. The van der Waals surface area contributed by atoms with Crippen molar-refractivity contribution in [3.8, 4) is 0 Å². The molecule has 3 aliphatic rings. The van der Waals surface area contributed by atoms with E-state index >= 15 is 0 Å². The van der Waals surface area contributed by atoms with Gasteiger partial charge in [0.2, 0.25) is 11.8 Å². The van der Waals surface area contributed by atoms with Gasteiger partial charge in [-0.3, -0.25) is 9.59 Å². The molecule has 0 aromatic heterocycles. The Morgan fingerprint density at radius 3 is 2.08 bits per heavy atom. The van der Waals surface area contributed by atoms with Gasteiger partial charge in [-0.05, 0) is 43.9 Å². The summed E-state index contributed by atoms with van der Waals surface area (Å²) < 4.78 is 0. The van der Waals surface area contributed by atoms with Crippen molar-refractivity contribution in [1.29, 1.82) is 0 Å². The maximum Gasteiger partial charge on any atom is 0.226 e. The lowest BCUT2D eigenvalue weighted by molar-refractivity contribution is -0.137. The molecular weight excluding hydrogens is 314 g/mol. The predicted octanol–water partition coefficient (Wildman–Crippen LogP) is 1.90. The number of likely N-dealkylation sites (tertiary alicyclic amines) is 1. The fourth-order valence-corrected chi connectivity index (χ4v) is 4.16. The van der Waals surface area contributed by atoms with Crippen molar-refractivity contribution in [1.82, 2.24) is 9.80 Å². The molecule has 134 valence electrons. The Morgan fingerprint density at radius 2 is 1.48 bits per heavy atom. The van der Waals surface area contributed by atoms with Gasteiger partial charge in [-0.1, -0.05) is 12.1 Å². The summed E-state index contributed by atoms with van der Waals surface area (Å²) in [5.74, 6) is 0.315. The summed E-state index contributed by atoms with van der Waals surface area (Å²) in [6.45, 7) is 7.12. The Morgan fingerprint density at radius 1 is 0.880 bits per heavy atom. The second kappa shape index (κ2) is 6.70. The van der Waals surface area contributed by atoms with Crippen LogP contribution in [0, 0.1) is 18.8 Å². The maximum atomic E-state index is 12.7. The second-order valence-corrected chi connectivity index (χ2v) is 7.63. The Hall–Kier alpha value is -2.04. The molecule has 3 fully saturated rings.